The number of aromatic nitrogens is 2. The van der Waals surface area contributed by atoms with Crippen LogP contribution in [0.5, 0.6) is 0 Å². The number of methoxy groups -OCH3 is 1. The van der Waals surface area contributed by atoms with Crippen LogP contribution in [0.15, 0.2) is 82.6 Å². The number of nitrogens with one attached hydrogen (secondary N) is 3. The van der Waals surface area contributed by atoms with Gasteiger partial charge in [-0.1, -0.05) is 67.7 Å². The van der Waals surface area contributed by atoms with Gasteiger partial charge < -0.3 is 24.4 Å². The number of alkyl halides is 1. The van der Waals surface area contributed by atoms with Crippen molar-refractivity contribution in [2.75, 3.05) is 33.0 Å². The molecule has 1 aliphatic heterocycles. The first-order valence-electron chi connectivity index (χ1n) is 17.3. The Kier molecular flexibility index (Phi) is 20.2. The Hall–Kier alpha value is -3.68. The fourth-order valence-corrected chi connectivity index (χ4v) is 6.67. The topological polar surface area (TPSA) is 178 Å². The van der Waals surface area contributed by atoms with Crippen LogP contribution in [0.2, 0.25) is 0 Å². The average Bonchev–Trinajstić information content (AvgIpc) is 3.33. The van der Waals surface area contributed by atoms with E-state index >= 15 is 4.39 Å². The Labute approximate surface area is 299 Å². The molecular weight excluding hydrogens is 682 g/mol. The third-order valence-corrected chi connectivity index (χ3v) is 9.95. The van der Waals surface area contributed by atoms with Gasteiger partial charge in [-0.2, -0.15) is 0 Å². The van der Waals surface area contributed by atoms with Gasteiger partial charge in [-0.05, 0) is 58.3 Å². The summed E-state index contributed by atoms with van der Waals surface area (Å²) in [5.41, 5.74) is -4.10. The van der Waals surface area contributed by atoms with Gasteiger partial charge in [0.2, 0.25) is 5.91 Å². The summed E-state index contributed by atoms with van der Waals surface area (Å²) < 4.78 is 45.7. The van der Waals surface area contributed by atoms with E-state index < -0.39 is 62.0 Å². The van der Waals surface area contributed by atoms with E-state index in [2.05, 4.69) is 76.7 Å². The Morgan fingerprint density at radius 2 is 1.65 bits per heavy atom. The standard InChI is InChI=1S/C36H54FN4O9P/c1-4-5-6-7-8-9-10-11-12-13-14-15-16-17-18-19-20-22-30(42)38-24-21-26-51(47,39-27-32(44)48-3)49-28-29-33(45)36(2,37)34(50-29)41-25-23-31(43)40-35(41)46/h5-6,8-9,11-12,14-15,17-18,23,25,29,33-34,45H,4,7,10,13,16,19-22,24,26-28H2,1-3H3,(H,38,42)(H,39,47)(H,40,43,46)/b6-5-,9-8-,12-11-,15-14-,18-17-/t29-,33-,34-,36-,51?/m1/s1. The van der Waals surface area contributed by atoms with Gasteiger partial charge in [0.15, 0.2) is 11.9 Å². The van der Waals surface area contributed by atoms with Gasteiger partial charge in [-0.15, -0.1) is 0 Å². The first kappa shape index (κ1) is 43.5. The minimum Gasteiger partial charge on any atom is -0.468 e. The Morgan fingerprint density at radius 3 is 2.24 bits per heavy atom. The Balaban J connectivity index is 1.72. The van der Waals surface area contributed by atoms with Gasteiger partial charge in [0.05, 0.1) is 13.7 Å². The number of ether oxygens (including phenoxy) is 2. The lowest BCUT2D eigenvalue weighted by Crippen LogP contribution is -2.43. The number of rotatable bonds is 24. The number of H-pyrrole nitrogens is 1. The lowest BCUT2D eigenvalue weighted by molar-refractivity contribution is -0.139. The molecule has 1 amide bonds. The molecule has 13 nitrogen and oxygen atoms in total. The molecule has 1 saturated heterocycles. The predicted octanol–water partition coefficient (Wildman–Crippen LogP) is 4.92. The molecule has 2 heterocycles. The van der Waals surface area contributed by atoms with Crippen LogP contribution in [-0.2, 0) is 28.2 Å². The maximum Gasteiger partial charge on any atom is 0.330 e. The van der Waals surface area contributed by atoms with E-state index in [1.807, 2.05) is 11.1 Å². The van der Waals surface area contributed by atoms with E-state index in [1.165, 1.54) is 0 Å². The number of carbonyl (C=O) groups is 2. The molecule has 0 radical (unpaired) electrons. The number of amides is 1. The highest BCUT2D eigenvalue weighted by atomic mass is 31.2. The molecule has 2 rings (SSSR count). The van der Waals surface area contributed by atoms with Gasteiger partial charge in [-0.3, -0.25) is 28.5 Å². The molecule has 1 aromatic rings. The molecule has 4 N–H and O–H groups in total. The first-order chi connectivity index (χ1) is 24.4. The zero-order valence-electron chi connectivity index (χ0n) is 29.8. The average molecular weight is 737 g/mol. The highest BCUT2D eigenvalue weighted by Gasteiger charge is 2.55. The van der Waals surface area contributed by atoms with Gasteiger partial charge >= 0.3 is 11.7 Å². The van der Waals surface area contributed by atoms with E-state index in [9.17, 15) is 28.8 Å². The zero-order valence-corrected chi connectivity index (χ0v) is 30.7. The van der Waals surface area contributed by atoms with Crippen molar-refractivity contribution in [1.29, 1.82) is 0 Å². The second kappa shape index (κ2) is 23.7. The van der Waals surface area contributed by atoms with Gasteiger partial charge in [0.25, 0.3) is 13.1 Å². The molecule has 1 aliphatic rings. The maximum atomic E-state index is 15.5. The van der Waals surface area contributed by atoms with Crippen LogP contribution in [0.3, 0.4) is 0 Å². The second-order valence-corrected chi connectivity index (χ2v) is 14.4. The number of allylic oxidation sites excluding steroid dienone is 10. The molecule has 1 fully saturated rings. The molecule has 0 spiro atoms. The number of nitrogens with zero attached hydrogens (tertiary/aromatic N) is 1. The molecule has 0 aliphatic carbocycles. The highest BCUT2D eigenvalue weighted by Crippen LogP contribution is 2.46. The van der Waals surface area contributed by atoms with Crippen LogP contribution >= 0.6 is 7.52 Å². The number of hydrogen-bond donors (Lipinski definition) is 4. The van der Waals surface area contributed by atoms with Crippen LogP contribution < -0.4 is 21.7 Å². The lowest BCUT2D eigenvalue weighted by atomic mass is 9.98. The minimum atomic E-state index is -3.79. The molecule has 5 atom stereocenters. The summed E-state index contributed by atoms with van der Waals surface area (Å²) in [6.07, 6.45) is 24.2. The summed E-state index contributed by atoms with van der Waals surface area (Å²) in [6, 6.07) is 1.01. The fourth-order valence-electron chi connectivity index (χ4n) is 4.96. The molecule has 0 bridgehead atoms. The van der Waals surface area contributed by atoms with Crippen molar-refractivity contribution < 1.29 is 37.6 Å². The summed E-state index contributed by atoms with van der Waals surface area (Å²) >= 11 is 0. The van der Waals surface area contributed by atoms with E-state index in [-0.39, 0.29) is 25.0 Å². The summed E-state index contributed by atoms with van der Waals surface area (Å²) in [5.74, 6) is -0.862. The van der Waals surface area contributed by atoms with Crippen molar-refractivity contribution in [1.82, 2.24) is 20.0 Å². The first-order valence-corrected chi connectivity index (χ1v) is 19.2. The summed E-state index contributed by atoms with van der Waals surface area (Å²) in [5, 5.41) is 15.9. The van der Waals surface area contributed by atoms with Gasteiger partial charge in [0.1, 0.15) is 18.8 Å². The van der Waals surface area contributed by atoms with E-state index in [0.717, 1.165) is 69.4 Å². The molecule has 1 unspecified atom stereocenters. The fraction of sp³-hybridized carbons (Fsp3) is 0.556. The SMILES string of the molecule is CC/C=C\C/C=C\C/C=C\C/C=C\C/C=C\CCCC(=O)NCCCP(=O)(NCC(=O)OC)OC[C@H]1O[C@@H](n2ccc(=O)[nH]c2=O)[C@](C)(F)[C@@H]1O. The lowest BCUT2D eigenvalue weighted by Gasteiger charge is -2.24. The van der Waals surface area contributed by atoms with Crippen LogP contribution in [0.1, 0.15) is 77.9 Å². The largest absolute Gasteiger partial charge is 0.468 e. The smallest absolute Gasteiger partial charge is 0.330 e. The maximum absolute atomic E-state index is 15.5. The molecular formula is C36H54FN4O9P. The Morgan fingerprint density at radius 1 is 1.04 bits per heavy atom. The number of esters is 1. The number of hydrogen-bond acceptors (Lipinski definition) is 9. The highest BCUT2D eigenvalue weighted by molar-refractivity contribution is 7.56. The number of aromatic amines is 1. The predicted molar refractivity (Wildman–Crippen MR) is 195 cm³/mol. The van der Waals surface area contributed by atoms with Crippen molar-refractivity contribution in [2.24, 2.45) is 0 Å². The molecule has 0 aromatic carbocycles. The van der Waals surface area contributed by atoms with Crippen molar-refractivity contribution in [3.05, 3.63) is 93.9 Å². The van der Waals surface area contributed by atoms with Crippen LogP contribution in [0.25, 0.3) is 0 Å². The van der Waals surface area contributed by atoms with E-state index in [4.69, 9.17) is 9.26 Å². The van der Waals surface area contributed by atoms with E-state index in [1.54, 1.807) is 0 Å². The quantitative estimate of drug-likeness (QED) is 0.0493. The zero-order chi connectivity index (χ0) is 37.5. The molecule has 15 heteroatoms. The van der Waals surface area contributed by atoms with Gasteiger partial charge in [-0.25, -0.2) is 14.3 Å². The molecule has 284 valence electrons. The monoisotopic (exact) mass is 736 g/mol. The van der Waals surface area contributed by atoms with Crippen molar-refractivity contribution in [3.8, 4) is 0 Å². The number of halogens is 1. The number of carbonyl (C=O) groups excluding carboxylic acids is 2. The van der Waals surface area contributed by atoms with E-state index in [0.29, 0.717) is 12.8 Å². The normalized spacial score (nSPS) is 22.2. The van der Waals surface area contributed by atoms with Crippen LogP contribution in [0, 0.1) is 0 Å². The van der Waals surface area contributed by atoms with Crippen molar-refractivity contribution in [3.63, 3.8) is 0 Å². The summed E-state index contributed by atoms with van der Waals surface area (Å²) in [7, 11) is -2.62. The summed E-state index contributed by atoms with van der Waals surface area (Å²) in [6.45, 7) is 2.35. The van der Waals surface area contributed by atoms with Crippen molar-refractivity contribution in [2.45, 2.75) is 95.7 Å². The van der Waals surface area contributed by atoms with Gasteiger partial charge in [0, 0.05) is 31.4 Å². The molecule has 1 aromatic heterocycles. The van der Waals surface area contributed by atoms with Crippen LogP contribution in [-0.4, -0.2) is 77.4 Å². The molecule has 51 heavy (non-hydrogen) atoms. The third kappa shape index (κ3) is 16.5. The molecule has 0 saturated carbocycles. The number of aliphatic hydroxyl groups excluding tert-OH is 1. The van der Waals surface area contributed by atoms with Crippen molar-refractivity contribution >= 4 is 19.4 Å². The summed E-state index contributed by atoms with van der Waals surface area (Å²) in [4.78, 5) is 49.7. The minimum absolute atomic E-state index is 0.108. The van der Waals surface area contributed by atoms with Crippen LogP contribution in [0.4, 0.5) is 4.39 Å². The third-order valence-electron chi connectivity index (χ3n) is 7.84. The number of aliphatic hydroxyl groups is 1. The number of unbranched alkanes of at least 4 members (excludes halogenated alkanes) is 1. The second-order valence-electron chi connectivity index (χ2n) is 12.0. The Bertz CT molecular complexity index is 1530.